The molecule has 0 amide bonds. The van der Waals surface area contributed by atoms with Crippen LogP contribution in [0.1, 0.15) is 12.0 Å². The normalized spacial score (nSPS) is 23.5. The zero-order valence-corrected chi connectivity index (χ0v) is 11.0. The molecule has 19 heavy (non-hydrogen) atoms. The molecule has 1 N–H and O–H groups in total. The molecule has 0 aromatic heterocycles. The molecular weight excluding hydrogens is 272 g/mol. The number of hydrogen-bond donors (Lipinski definition) is 1. The third-order valence-corrected chi connectivity index (χ3v) is 4.95. The largest absolute Gasteiger partial charge is 0.489 e. The van der Waals surface area contributed by atoms with Gasteiger partial charge in [0.15, 0.2) is 21.3 Å². The molecule has 0 saturated carbocycles. The summed E-state index contributed by atoms with van der Waals surface area (Å²) in [5.74, 6) is 1.74. The van der Waals surface area contributed by atoms with Crippen LogP contribution in [0.25, 0.3) is 0 Å². The molecule has 2 aliphatic heterocycles. The number of fused-ring (bicyclic) bond motifs is 1. The number of aliphatic hydroxyl groups is 1. The van der Waals surface area contributed by atoms with E-state index in [0.29, 0.717) is 29.2 Å². The second kappa shape index (κ2) is 4.57. The van der Waals surface area contributed by atoms with Gasteiger partial charge in [0.1, 0.15) is 11.9 Å². The predicted octanol–water partition coefficient (Wildman–Crippen LogP) is 0.474. The number of benzene rings is 1. The van der Waals surface area contributed by atoms with Crippen molar-refractivity contribution in [3.05, 3.63) is 17.7 Å². The van der Waals surface area contributed by atoms with E-state index in [0.717, 1.165) is 0 Å². The Morgan fingerprint density at radius 3 is 2.68 bits per heavy atom. The summed E-state index contributed by atoms with van der Waals surface area (Å²) in [6, 6.07) is 3.29. The highest BCUT2D eigenvalue weighted by Gasteiger charge is 2.30. The van der Waals surface area contributed by atoms with Crippen molar-refractivity contribution in [3.63, 3.8) is 0 Å². The molecule has 0 bridgehead atoms. The molecule has 0 radical (unpaired) electrons. The fourth-order valence-electron chi connectivity index (χ4n) is 2.23. The van der Waals surface area contributed by atoms with E-state index in [4.69, 9.17) is 14.2 Å². The Morgan fingerprint density at radius 1 is 1.32 bits per heavy atom. The van der Waals surface area contributed by atoms with Gasteiger partial charge < -0.3 is 19.3 Å². The van der Waals surface area contributed by atoms with Crippen LogP contribution in [0.5, 0.6) is 17.2 Å². The Morgan fingerprint density at radius 2 is 2.05 bits per heavy atom. The lowest BCUT2D eigenvalue weighted by molar-refractivity contribution is 0.173. The van der Waals surface area contributed by atoms with Crippen molar-refractivity contribution in [1.29, 1.82) is 0 Å². The summed E-state index contributed by atoms with van der Waals surface area (Å²) in [6.07, 6.45) is 0.109. The SMILES string of the molecule is O=S1(=O)CCC(Oc2cc3c(cc2CO)OCO3)C1. The number of sulfone groups is 1. The van der Waals surface area contributed by atoms with E-state index in [1.807, 2.05) is 0 Å². The van der Waals surface area contributed by atoms with E-state index >= 15 is 0 Å². The van der Waals surface area contributed by atoms with Gasteiger partial charge in [-0.15, -0.1) is 0 Å². The molecule has 1 saturated heterocycles. The van der Waals surface area contributed by atoms with Gasteiger partial charge in [-0.2, -0.15) is 0 Å². The van der Waals surface area contributed by atoms with Crippen molar-refractivity contribution >= 4 is 9.84 Å². The first-order valence-electron chi connectivity index (χ1n) is 5.98. The van der Waals surface area contributed by atoms with Crippen molar-refractivity contribution in [2.45, 2.75) is 19.1 Å². The predicted molar refractivity (Wildman–Crippen MR) is 66.2 cm³/mol. The second-order valence-corrected chi connectivity index (χ2v) is 6.84. The number of aliphatic hydroxyl groups excluding tert-OH is 1. The van der Waals surface area contributed by atoms with E-state index < -0.39 is 9.84 Å². The maximum atomic E-state index is 11.4. The highest BCUT2D eigenvalue weighted by atomic mass is 32.2. The van der Waals surface area contributed by atoms with Crippen molar-refractivity contribution in [1.82, 2.24) is 0 Å². The van der Waals surface area contributed by atoms with Crippen LogP contribution in [0.2, 0.25) is 0 Å². The molecule has 1 atom stereocenters. The molecule has 1 aromatic rings. The van der Waals surface area contributed by atoms with Crippen LogP contribution in [0.3, 0.4) is 0 Å². The van der Waals surface area contributed by atoms with Crippen molar-refractivity contribution < 1.29 is 27.7 Å². The van der Waals surface area contributed by atoms with Gasteiger partial charge in [0, 0.05) is 11.6 Å². The summed E-state index contributed by atoms with van der Waals surface area (Å²) in [4.78, 5) is 0. The molecule has 1 fully saturated rings. The molecule has 7 heteroatoms. The van der Waals surface area contributed by atoms with Gasteiger partial charge in [-0.25, -0.2) is 8.42 Å². The molecule has 6 nitrogen and oxygen atoms in total. The van der Waals surface area contributed by atoms with Crippen LogP contribution in [0.4, 0.5) is 0 Å². The highest BCUT2D eigenvalue weighted by Crippen LogP contribution is 2.39. The third kappa shape index (κ3) is 2.48. The van der Waals surface area contributed by atoms with E-state index in [1.54, 1.807) is 12.1 Å². The lowest BCUT2D eigenvalue weighted by Gasteiger charge is -2.15. The average Bonchev–Trinajstić information content (AvgIpc) is 2.94. The molecule has 3 rings (SSSR count). The maximum absolute atomic E-state index is 11.4. The van der Waals surface area contributed by atoms with E-state index in [9.17, 15) is 13.5 Å². The highest BCUT2D eigenvalue weighted by molar-refractivity contribution is 7.91. The quantitative estimate of drug-likeness (QED) is 0.870. The fourth-order valence-corrected chi connectivity index (χ4v) is 3.82. The maximum Gasteiger partial charge on any atom is 0.231 e. The Hall–Kier alpha value is -1.47. The molecule has 2 heterocycles. The van der Waals surface area contributed by atoms with Crippen LogP contribution >= 0.6 is 0 Å². The average molecular weight is 286 g/mol. The Bertz CT molecular complexity index is 594. The Balaban J connectivity index is 1.84. The molecular formula is C12H14O6S. The second-order valence-electron chi connectivity index (χ2n) is 4.61. The Kier molecular flexibility index (Phi) is 3.02. The van der Waals surface area contributed by atoms with Gasteiger partial charge in [-0.1, -0.05) is 0 Å². The van der Waals surface area contributed by atoms with Gasteiger partial charge in [0.25, 0.3) is 0 Å². The fraction of sp³-hybridized carbons (Fsp3) is 0.500. The first-order valence-corrected chi connectivity index (χ1v) is 7.80. The van der Waals surface area contributed by atoms with E-state index in [-0.39, 0.29) is 31.0 Å². The topological polar surface area (TPSA) is 82.1 Å². The van der Waals surface area contributed by atoms with Crippen molar-refractivity contribution in [2.24, 2.45) is 0 Å². The zero-order valence-electron chi connectivity index (χ0n) is 10.2. The van der Waals surface area contributed by atoms with Crippen LogP contribution < -0.4 is 14.2 Å². The third-order valence-electron chi connectivity index (χ3n) is 3.21. The van der Waals surface area contributed by atoms with Crippen molar-refractivity contribution in [3.8, 4) is 17.2 Å². The molecule has 104 valence electrons. The lowest BCUT2D eigenvalue weighted by atomic mass is 10.2. The minimum atomic E-state index is -2.99. The van der Waals surface area contributed by atoms with Crippen LogP contribution in [0.15, 0.2) is 12.1 Å². The summed E-state index contributed by atoms with van der Waals surface area (Å²) in [7, 11) is -2.99. The summed E-state index contributed by atoms with van der Waals surface area (Å²) >= 11 is 0. The number of ether oxygens (including phenoxy) is 3. The molecule has 2 aliphatic rings. The zero-order chi connectivity index (χ0) is 13.5. The molecule has 0 aliphatic carbocycles. The van der Waals surface area contributed by atoms with E-state index in [2.05, 4.69) is 0 Å². The van der Waals surface area contributed by atoms with Gasteiger partial charge in [0.05, 0.1) is 18.1 Å². The van der Waals surface area contributed by atoms with Crippen LogP contribution in [-0.4, -0.2) is 37.9 Å². The van der Waals surface area contributed by atoms with Crippen molar-refractivity contribution in [2.75, 3.05) is 18.3 Å². The number of hydrogen-bond acceptors (Lipinski definition) is 6. The standard InChI is InChI=1S/C12H14O6S/c13-5-8-3-11-12(17-7-16-11)4-10(8)18-9-1-2-19(14,15)6-9/h3-4,9,13H,1-2,5-7H2. The summed E-state index contributed by atoms with van der Waals surface area (Å²) in [6.45, 7) is -0.0626. The molecule has 1 aromatic carbocycles. The van der Waals surface area contributed by atoms with Gasteiger partial charge >= 0.3 is 0 Å². The van der Waals surface area contributed by atoms with Gasteiger partial charge in [-0.3, -0.25) is 0 Å². The Labute approximate surface area is 110 Å². The monoisotopic (exact) mass is 286 g/mol. The van der Waals surface area contributed by atoms with Gasteiger partial charge in [0.2, 0.25) is 6.79 Å². The first-order chi connectivity index (χ1) is 9.07. The molecule has 0 spiro atoms. The smallest absolute Gasteiger partial charge is 0.231 e. The summed E-state index contributed by atoms with van der Waals surface area (Å²) in [5.41, 5.74) is 0.563. The van der Waals surface area contributed by atoms with E-state index in [1.165, 1.54) is 0 Å². The van der Waals surface area contributed by atoms with Crippen LogP contribution in [0, 0.1) is 0 Å². The summed E-state index contributed by atoms with van der Waals surface area (Å²) < 4.78 is 38.9. The minimum Gasteiger partial charge on any atom is -0.489 e. The first kappa shape index (κ1) is 12.6. The molecule has 1 unspecified atom stereocenters. The van der Waals surface area contributed by atoms with Gasteiger partial charge in [-0.05, 0) is 12.5 Å². The summed E-state index contributed by atoms with van der Waals surface area (Å²) in [5, 5.41) is 9.33. The van der Waals surface area contributed by atoms with Crippen LogP contribution in [-0.2, 0) is 16.4 Å². The lowest BCUT2D eigenvalue weighted by Crippen LogP contribution is -2.18. The minimum absolute atomic E-state index is 0.0201. The number of rotatable bonds is 3.